The summed E-state index contributed by atoms with van der Waals surface area (Å²) in [4.78, 5) is 5.79. The first-order valence-corrected chi connectivity index (χ1v) is 7.70. The lowest BCUT2D eigenvalue weighted by Crippen LogP contribution is -2.38. The Balaban J connectivity index is 2.75. The molecule has 5 heteroatoms. The molecule has 0 aromatic heterocycles. The van der Waals surface area contributed by atoms with Crippen LogP contribution in [0.15, 0.2) is 28.1 Å². The number of aliphatic imine (C=N–C) groups is 1. The molecule has 3 N–H and O–H groups in total. The summed E-state index contributed by atoms with van der Waals surface area (Å²) < 4.78 is 0. The van der Waals surface area contributed by atoms with Gasteiger partial charge < -0.3 is 15.7 Å². The van der Waals surface area contributed by atoms with E-state index in [0.717, 1.165) is 12.5 Å². The Morgan fingerprint density at radius 3 is 2.79 bits per heavy atom. The molecule has 0 saturated carbocycles. The molecule has 0 saturated heterocycles. The maximum Gasteiger partial charge on any atom is 0.191 e. The summed E-state index contributed by atoms with van der Waals surface area (Å²) in [5, 5.41) is 15.1. The molecule has 0 radical (unpaired) electrons. The van der Waals surface area contributed by atoms with Crippen LogP contribution in [-0.4, -0.2) is 37.0 Å². The number of hydrogen-bond donors (Lipinski definition) is 3. The van der Waals surface area contributed by atoms with Gasteiger partial charge in [0, 0.05) is 18.0 Å². The highest BCUT2D eigenvalue weighted by Crippen LogP contribution is 2.22. The van der Waals surface area contributed by atoms with Gasteiger partial charge in [0.15, 0.2) is 5.96 Å². The molecule has 0 aliphatic rings. The van der Waals surface area contributed by atoms with Gasteiger partial charge in [-0.1, -0.05) is 12.1 Å². The van der Waals surface area contributed by atoms with Gasteiger partial charge in [-0.15, -0.1) is 11.8 Å². The summed E-state index contributed by atoms with van der Waals surface area (Å²) in [6.07, 6.45) is 2.08. The third-order valence-corrected chi connectivity index (χ3v) is 3.42. The van der Waals surface area contributed by atoms with E-state index < -0.39 is 0 Å². The van der Waals surface area contributed by atoms with Gasteiger partial charge in [0.1, 0.15) is 0 Å². The van der Waals surface area contributed by atoms with E-state index >= 15 is 0 Å². The van der Waals surface area contributed by atoms with Crippen molar-refractivity contribution in [2.24, 2.45) is 4.99 Å². The van der Waals surface area contributed by atoms with Crippen LogP contribution in [0.3, 0.4) is 0 Å². The minimum Gasteiger partial charge on any atom is -0.395 e. The molecule has 0 heterocycles. The molecular formula is C14H23N3OS. The SMILES string of the molecule is CCNC(=NCc1ccc(C)cc1SC)NCCO. The smallest absolute Gasteiger partial charge is 0.191 e. The lowest BCUT2D eigenvalue weighted by atomic mass is 10.1. The molecular weight excluding hydrogens is 258 g/mol. The number of nitrogens with zero attached hydrogens (tertiary/aromatic N) is 1. The normalized spacial score (nSPS) is 11.5. The van der Waals surface area contributed by atoms with E-state index in [-0.39, 0.29) is 6.61 Å². The molecule has 1 rings (SSSR count). The van der Waals surface area contributed by atoms with E-state index in [1.807, 2.05) is 6.92 Å². The largest absolute Gasteiger partial charge is 0.395 e. The fraction of sp³-hybridized carbons (Fsp3) is 0.500. The Labute approximate surface area is 119 Å². The quantitative estimate of drug-likeness (QED) is 0.422. The molecule has 0 spiro atoms. The number of rotatable bonds is 6. The zero-order valence-corrected chi connectivity index (χ0v) is 12.7. The fourth-order valence-corrected chi connectivity index (χ4v) is 2.36. The van der Waals surface area contributed by atoms with Crippen molar-refractivity contribution in [3.63, 3.8) is 0 Å². The van der Waals surface area contributed by atoms with Crippen molar-refractivity contribution in [1.82, 2.24) is 10.6 Å². The number of aliphatic hydroxyl groups is 1. The zero-order chi connectivity index (χ0) is 14.1. The van der Waals surface area contributed by atoms with Crippen LogP contribution in [-0.2, 0) is 6.54 Å². The fourth-order valence-electron chi connectivity index (χ4n) is 1.66. The number of aryl methyl sites for hydroxylation is 1. The highest BCUT2D eigenvalue weighted by Gasteiger charge is 2.02. The van der Waals surface area contributed by atoms with Crippen molar-refractivity contribution >= 4 is 17.7 Å². The van der Waals surface area contributed by atoms with Crippen LogP contribution < -0.4 is 10.6 Å². The number of nitrogens with one attached hydrogen (secondary N) is 2. The average molecular weight is 281 g/mol. The second-order valence-electron chi connectivity index (χ2n) is 4.16. The van der Waals surface area contributed by atoms with Gasteiger partial charge in [-0.05, 0) is 37.3 Å². The lowest BCUT2D eigenvalue weighted by molar-refractivity contribution is 0.300. The first-order valence-electron chi connectivity index (χ1n) is 6.47. The Morgan fingerprint density at radius 1 is 1.37 bits per heavy atom. The van der Waals surface area contributed by atoms with Crippen LogP contribution in [0.25, 0.3) is 0 Å². The van der Waals surface area contributed by atoms with E-state index in [1.54, 1.807) is 11.8 Å². The summed E-state index contributed by atoms with van der Waals surface area (Å²) in [6, 6.07) is 6.42. The summed E-state index contributed by atoms with van der Waals surface area (Å²) >= 11 is 1.74. The molecule has 106 valence electrons. The molecule has 0 aliphatic carbocycles. The van der Waals surface area contributed by atoms with E-state index in [1.165, 1.54) is 16.0 Å². The van der Waals surface area contributed by atoms with E-state index in [4.69, 9.17) is 5.11 Å². The summed E-state index contributed by atoms with van der Waals surface area (Å²) in [6.45, 7) is 6.17. The standard InChI is InChI=1S/C14H23N3OS/c1-4-15-14(16-7-8-18)17-10-12-6-5-11(2)9-13(12)19-3/h5-6,9,18H,4,7-8,10H2,1-3H3,(H2,15,16,17). The number of aliphatic hydroxyl groups excluding tert-OH is 1. The average Bonchev–Trinajstić information content (AvgIpc) is 2.42. The molecule has 0 atom stereocenters. The number of hydrogen-bond acceptors (Lipinski definition) is 3. The van der Waals surface area contributed by atoms with Gasteiger partial charge in [-0.3, -0.25) is 0 Å². The van der Waals surface area contributed by atoms with Crippen molar-refractivity contribution in [2.75, 3.05) is 26.0 Å². The predicted octanol–water partition coefficient (Wildman–Crippen LogP) is 1.76. The summed E-state index contributed by atoms with van der Waals surface area (Å²) in [5.74, 6) is 0.740. The van der Waals surface area contributed by atoms with Crippen molar-refractivity contribution in [2.45, 2.75) is 25.3 Å². The monoisotopic (exact) mass is 281 g/mol. The highest BCUT2D eigenvalue weighted by molar-refractivity contribution is 7.98. The van der Waals surface area contributed by atoms with Gasteiger partial charge in [0.2, 0.25) is 0 Å². The first-order chi connectivity index (χ1) is 9.21. The van der Waals surface area contributed by atoms with E-state index in [2.05, 4.69) is 47.0 Å². The topological polar surface area (TPSA) is 56.7 Å². The summed E-state index contributed by atoms with van der Waals surface area (Å²) in [5.41, 5.74) is 2.49. The first kappa shape index (κ1) is 15.9. The number of guanidine groups is 1. The number of thioether (sulfide) groups is 1. The van der Waals surface area contributed by atoms with Crippen molar-refractivity contribution in [3.8, 4) is 0 Å². The maximum absolute atomic E-state index is 8.83. The minimum absolute atomic E-state index is 0.102. The van der Waals surface area contributed by atoms with E-state index in [9.17, 15) is 0 Å². The lowest BCUT2D eigenvalue weighted by Gasteiger charge is -2.11. The molecule has 1 aromatic carbocycles. The molecule has 0 aliphatic heterocycles. The van der Waals surface area contributed by atoms with Crippen LogP contribution in [0.4, 0.5) is 0 Å². The molecule has 0 amide bonds. The van der Waals surface area contributed by atoms with Crippen LogP contribution in [0, 0.1) is 6.92 Å². The van der Waals surface area contributed by atoms with Crippen molar-refractivity contribution < 1.29 is 5.11 Å². The van der Waals surface area contributed by atoms with E-state index in [0.29, 0.717) is 13.1 Å². The maximum atomic E-state index is 8.83. The third-order valence-electron chi connectivity index (χ3n) is 2.60. The van der Waals surface area contributed by atoms with Gasteiger partial charge in [0.25, 0.3) is 0 Å². The molecule has 4 nitrogen and oxygen atoms in total. The van der Waals surface area contributed by atoms with Crippen molar-refractivity contribution in [3.05, 3.63) is 29.3 Å². The number of benzene rings is 1. The second kappa shape index (κ2) is 8.82. The molecule has 0 fully saturated rings. The Bertz CT molecular complexity index is 421. The Morgan fingerprint density at radius 2 is 2.16 bits per heavy atom. The Kier molecular flexibility index (Phi) is 7.36. The van der Waals surface area contributed by atoms with Crippen molar-refractivity contribution in [1.29, 1.82) is 0 Å². The minimum atomic E-state index is 0.102. The molecule has 0 unspecified atom stereocenters. The van der Waals surface area contributed by atoms with Crippen LogP contribution >= 0.6 is 11.8 Å². The predicted molar refractivity (Wildman–Crippen MR) is 82.9 cm³/mol. The zero-order valence-electron chi connectivity index (χ0n) is 11.9. The van der Waals surface area contributed by atoms with Gasteiger partial charge in [-0.25, -0.2) is 4.99 Å². The van der Waals surface area contributed by atoms with Crippen LogP contribution in [0.1, 0.15) is 18.1 Å². The van der Waals surface area contributed by atoms with Crippen LogP contribution in [0.5, 0.6) is 0 Å². The van der Waals surface area contributed by atoms with Gasteiger partial charge in [-0.2, -0.15) is 0 Å². The third kappa shape index (κ3) is 5.53. The summed E-state index contributed by atoms with van der Waals surface area (Å²) in [7, 11) is 0. The molecule has 1 aromatic rings. The van der Waals surface area contributed by atoms with Gasteiger partial charge >= 0.3 is 0 Å². The second-order valence-corrected chi connectivity index (χ2v) is 5.01. The molecule has 0 bridgehead atoms. The highest BCUT2D eigenvalue weighted by atomic mass is 32.2. The Hall–Kier alpha value is -1.20. The molecule has 19 heavy (non-hydrogen) atoms. The van der Waals surface area contributed by atoms with Crippen LogP contribution in [0.2, 0.25) is 0 Å². The van der Waals surface area contributed by atoms with Gasteiger partial charge in [0.05, 0.1) is 13.2 Å².